The summed E-state index contributed by atoms with van der Waals surface area (Å²) in [6, 6.07) is 16.7. The van der Waals surface area contributed by atoms with Gasteiger partial charge in [-0.2, -0.15) is 0 Å². The van der Waals surface area contributed by atoms with Gasteiger partial charge in [0, 0.05) is 43.5 Å². The third-order valence-electron chi connectivity index (χ3n) is 4.72. The minimum Gasteiger partial charge on any atom is -0.396 e. The Bertz CT molecular complexity index is 636. The summed E-state index contributed by atoms with van der Waals surface area (Å²) in [7, 11) is 0. The Morgan fingerprint density at radius 1 is 1.00 bits per heavy atom. The summed E-state index contributed by atoms with van der Waals surface area (Å²) in [6.45, 7) is 4.07. The zero-order chi connectivity index (χ0) is 16.8. The minimum atomic E-state index is 0.324. The number of piperidine rings is 1. The van der Waals surface area contributed by atoms with Gasteiger partial charge in [0.25, 0.3) is 0 Å². The van der Waals surface area contributed by atoms with Crippen molar-refractivity contribution in [2.45, 2.75) is 25.9 Å². The van der Waals surface area contributed by atoms with Crippen molar-refractivity contribution in [2.24, 2.45) is 5.92 Å². The van der Waals surface area contributed by atoms with Crippen LogP contribution in [-0.4, -0.2) is 24.8 Å². The predicted molar refractivity (Wildman–Crippen MR) is 100 cm³/mol. The summed E-state index contributed by atoms with van der Waals surface area (Å²) >= 11 is 6.00. The molecule has 0 amide bonds. The van der Waals surface area contributed by atoms with Crippen molar-refractivity contribution in [1.29, 1.82) is 0 Å². The number of anilines is 1. The minimum absolute atomic E-state index is 0.324. The molecule has 24 heavy (non-hydrogen) atoms. The maximum absolute atomic E-state index is 9.23. The Labute approximate surface area is 149 Å². The van der Waals surface area contributed by atoms with Gasteiger partial charge in [0.1, 0.15) is 0 Å². The van der Waals surface area contributed by atoms with Gasteiger partial charge in [-0.1, -0.05) is 35.9 Å². The zero-order valence-corrected chi connectivity index (χ0v) is 14.7. The van der Waals surface area contributed by atoms with Gasteiger partial charge in [-0.3, -0.25) is 0 Å². The van der Waals surface area contributed by atoms with E-state index in [2.05, 4.69) is 40.5 Å². The Hall–Kier alpha value is -1.55. The van der Waals surface area contributed by atoms with Crippen LogP contribution < -0.4 is 10.2 Å². The fourth-order valence-electron chi connectivity index (χ4n) is 3.20. The maximum atomic E-state index is 9.23. The monoisotopic (exact) mass is 344 g/mol. The number of halogens is 1. The van der Waals surface area contributed by atoms with E-state index >= 15 is 0 Å². The van der Waals surface area contributed by atoms with Crippen molar-refractivity contribution >= 4 is 17.3 Å². The van der Waals surface area contributed by atoms with E-state index in [0.717, 1.165) is 44.0 Å². The van der Waals surface area contributed by atoms with Crippen molar-refractivity contribution in [3.63, 3.8) is 0 Å². The summed E-state index contributed by atoms with van der Waals surface area (Å²) in [5.74, 6) is 0.483. The van der Waals surface area contributed by atoms with Gasteiger partial charge in [0.15, 0.2) is 0 Å². The molecule has 0 unspecified atom stereocenters. The second-order valence-corrected chi connectivity index (χ2v) is 6.95. The van der Waals surface area contributed by atoms with E-state index < -0.39 is 0 Å². The molecular weight excluding hydrogens is 320 g/mol. The topological polar surface area (TPSA) is 35.5 Å². The van der Waals surface area contributed by atoms with Gasteiger partial charge in [-0.15, -0.1) is 0 Å². The number of nitrogens with one attached hydrogen (secondary N) is 1. The molecule has 2 aromatic rings. The van der Waals surface area contributed by atoms with Crippen LogP contribution in [0.3, 0.4) is 0 Å². The summed E-state index contributed by atoms with van der Waals surface area (Å²) in [5, 5.41) is 13.5. The van der Waals surface area contributed by atoms with Gasteiger partial charge in [0.2, 0.25) is 0 Å². The molecule has 128 valence electrons. The average molecular weight is 345 g/mol. The van der Waals surface area contributed by atoms with Crippen LogP contribution >= 0.6 is 11.6 Å². The van der Waals surface area contributed by atoms with E-state index in [1.165, 1.54) is 16.8 Å². The standard InChI is InChI=1S/C20H25ClN2O/c21-19-3-1-2-18(12-19)14-22-13-16-4-6-20(7-5-16)23-10-8-17(15-24)9-11-23/h1-7,12,17,22,24H,8-11,13-15H2. The third kappa shape index (κ3) is 4.73. The van der Waals surface area contributed by atoms with Crippen LogP contribution in [0.15, 0.2) is 48.5 Å². The Kier molecular flexibility index (Phi) is 6.13. The van der Waals surface area contributed by atoms with Crippen molar-refractivity contribution in [3.05, 3.63) is 64.7 Å². The summed E-state index contributed by atoms with van der Waals surface area (Å²) in [4.78, 5) is 2.41. The molecule has 0 bridgehead atoms. The van der Waals surface area contributed by atoms with Crippen LogP contribution in [0.5, 0.6) is 0 Å². The van der Waals surface area contributed by atoms with Gasteiger partial charge in [-0.25, -0.2) is 0 Å². The molecule has 4 heteroatoms. The Morgan fingerprint density at radius 2 is 1.71 bits per heavy atom. The van der Waals surface area contributed by atoms with Crippen molar-refractivity contribution in [3.8, 4) is 0 Å². The molecule has 3 nitrogen and oxygen atoms in total. The highest BCUT2D eigenvalue weighted by atomic mass is 35.5. The molecule has 1 saturated heterocycles. The number of aliphatic hydroxyl groups excluding tert-OH is 1. The van der Waals surface area contributed by atoms with E-state index in [1.54, 1.807) is 0 Å². The number of hydrogen-bond acceptors (Lipinski definition) is 3. The molecule has 2 N–H and O–H groups in total. The number of aliphatic hydroxyl groups is 1. The van der Waals surface area contributed by atoms with Gasteiger partial charge < -0.3 is 15.3 Å². The molecule has 0 radical (unpaired) electrons. The summed E-state index contributed by atoms with van der Waals surface area (Å²) < 4.78 is 0. The van der Waals surface area contributed by atoms with Crippen molar-refractivity contribution in [2.75, 3.05) is 24.6 Å². The highest BCUT2D eigenvalue weighted by Crippen LogP contribution is 2.23. The third-order valence-corrected chi connectivity index (χ3v) is 4.96. The van der Waals surface area contributed by atoms with Crippen LogP contribution in [-0.2, 0) is 13.1 Å². The Balaban J connectivity index is 1.48. The van der Waals surface area contributed by atoms with Crippen LogP contribution in [0.1, 0.15) is 24.0 Å². The first-order chi connectivity index (χ1) is 11.7. The smallest absolute Gasteiger partial charge is 0.0460 e. The molecule has 1 aliphatic heterocycles. The maximum Gasteiger partial charge on any atom is 0.0460 e. The van der Waals surface area contributed by atoms with E-state index in [-0.39, 0.29) is 0 Å². The lowest BCUT2D eigenvalue weighted by atomic mass is 9.97. The van der Waals surface area contributed by atoms with Gasteiger partial charge in [0.05, 0.1) is 0 Å². The lowest BCUT2D eigenvalue weighted by molar-refractivity contribution is 0.203. The molecule has 0 aliphatic carbocycles. The summed E-state index contributed by atoms with van der Waals surface area (Å²) in [6.07, 6.45) is 2.17. The molecule has 1 fully saturated rings. The van der Waals surface area contributed by atoms with Crippen molar-refractivity contribution in [1.82, 2.24) is 5.32 Å². The molecule has 0 aromatic heterocycles. The van der Waals surface area contributed by atoms with Crippen LogP contribution in [0.2, 0.25) is 5.02 Å². The van der Waals surface area contributed by atoms with E-state index in [4.69, 9.17) is 11.6 Å². The molecular formula is C20H25ClN2O. The first-order valence-electron chi connectivity index (χ1n) is 8.64. The van der Waals surface area contributed by atoms with E-state index in [1.807, 2.05) is 18.2 Å². The normalized spacial score (nSPS) is 15.7. The fraction of sp³-hybridized carbons (Fsp3) is 0.400. The average Bonchev–Trinajstić information content (AvgIpc) is 2.63. The number of hydrogen-bond donors (Lipinski definition) is 2. The highest BCUT2D eigenvalue weighted by Gasteiger charge is 2.18. The van der Waals surface area contributed by atoms with Crippen LogP contribution in [0, 0.1) is 5.92 Å². The molecule has 1 aliphatic rings. The first-order valence-corrected chi connectivity index (χ1v) is 9.02. The van der Waals surface area contributed by atoms with Gasteiger partial charge >= 0.3 is 0 Å². The SMILES string of the molecule is OCC1CCN(c2ccc(CNCc3cccc(Cl)c3)cc2)CC1. The Morgan fingerprint density at radius 3 is 2.38 bits per heavy atom. The van der Waals surface area contributed by atoms with E-state index in [0.29, 0.717) is 12.5 Å². The molecule has 2 aromatic carbocycles. The quantitative estimate of drug-likeness (QED) is 0.835. The van der Waals surface area contributed by atoms with Crippen LogP contribution in [0.25, 0.3) is 0 Å². The second kappa shape index (κ2) is 8.52. The molecule has 0 atom stereocenters. The lowest BCUT2D eigenvalue weighted by Crippen LogP contribution is -2.34. The summed E-state index contributed by atoms with van der Waals surface area (Å²) in [5.41, 5.74) is 3.77. The predicted octanol–water partition coefficient (Wildman–Crippen LogP) is 3.84. The first kappa shape index (κ1) is 17.3. The van der Waals surface area contributed by atoms with Crippen LogP contribution in [0.4, 0.5) is 5.69 Å². The number of rotatable bonds is 6. The van der Waals surface area contributed by atoms with E-state index in [9.17, 15) is 5.11 Å². The number of nitrogens with zero attached hydrogens (tertiary/aromatic N) is 1. The molecule has 0 spiro atoms. The fourth-order valence-corrected chi connectivity index (χ4v) is 3.41. The largest absolute Gasteiger partial charge is 0.396 e. The zero-order valence-electron chi connectivity index (χ0n) is 13.9. The number of benzene rings is 2. The lowest BCUT2D eigenvalue weighted by Gasteiger charge is -2.33. The van der Waals surface area contributed by atoms with Crippen molar-refractivity contribution < 1.29 is 5.11 Å². The molecule has 0 saturated carbocycles. The highest BCUT2D eigenvalue weighted by molar-refractivity contribution is 6.30. The van der Waals surface area contributed by atoms with Gasteiger partial charge in [-0.05, 0) is 54.2 Å². The molecule has 3 rings (SSSR count). The molecule has 1 heterocycles. The second-order valence-electron chi connectivity index (χ2n) is 6.51.